The minimum absolute atomic E-state index is 0.0913. The Morgan fingerprint density at radius 1 is 1.44 bits per heavy atom. The van der Waals surface area contributed by atoms with E-state index in [-0.39, 0.29) is 11.4 Å². The largest absolute Gasteiger partial charge is 0.462 e. The number of carbonyl (C=O) groups is 1. The molecule has 1 aromatic rings. The van der Waals surface area contributed by atoms with Crippen LogP contribution in [0.2, 0.25) is 0 Å². The van der Waals surface area contributed by atoms with E-state index in [0.717, 1.165) is 24.0 Å². The summed E-state index contributed by atoms with van der Waals surface area (Å²) in [5.41, 5.74) is 1.99. The zero-order valence-electron chi connectivity index (χ0n) is 10.7. The summed E-state index contributed by atoms with van der Waals surface area (Å²) >= 11 is 0. The molecule has 2 nitrogen and oxygen atoms in total. The Bertz CT molecular complexity index is 504. The first-order chi connectivity index (χ1) is 8.75. The third-order valence-corrected chi connectivity index (χ3v) is 4.23. The number of allylic oxidation sites excluding steroid dienone is 2. The molecule has 2 aliphatic rings. The first kappa shape index (κ1) is 11.5. The minimum atomic E-state index is -0.189. The monoisotopic (exact) mass is 242 g/mol. The molecule has 2 bridgehead atoms. The van der Waals surface area contributed by atoms with E-state index >= 15 is 0 Å². The van der Waals surface area contributed by atoms with Crippen molar-refractivity contribution in [1.82, 2.24) is 0 Å². The fourth-order valence-electron chi connectivity index (χ4n) is 3.39. The Morgan fingerprint density at radius 2 is 2.28 bits per heavy atom. The van der Waals surface area contributed by atoms with E-state index in [0.29, 0.717) is 12.5 Å². The fraction of sp³-hybridized carbons (Fsp3) is 0.438. The molecule has 0 aromatic heterocycles. The third-order valence-electron chi connectivity index (χ3n) is 4.23. The van der Waals surface area contributed by atoms with Crippen LogP contribution in [0, 0.1) is 5.92 Å². The Balaban J connectivity index is 2.02. The molecule has 18 heavy (non-hydrogen) atoms. The molecular formula is C16H18O2. The van der Waals surface area contributed by atoms with Crippen molar-refractivity contribution in [3.05, 3.63) is 47.5 Å². The lowest BCUT2D eigenvalue weighted by atomic mass is 9.78. The van der Waals surface area contributed by atoms with E-state index in [1.165, 1.54) is 6.42 Å². The Labute approximate surface area is 108 Å². The summed E-state index contributed by atoms with van der Waals surface area (Å²) in [5.74, 6) is 0.520. The van der Waals surface area contributed by atoms with Gasteiger partial charge in [0.05, 0.1) is 12.2 Å². The van der Waals surface area contributed by atoms with Crippen molar-refractivity contribution in [2.45, 2.75) is 31.6 Å². The summed E-state index contributed by atoms with van der Waals surface area (Å²) in [4.78, 5) is 12.0. The van der Waals surface area contributed by atoms with E-state index in [4.69, 9.17) is 4.74 Å². The molecule has 0 radical (unpaired) electrons. The number of carbonyl (C=O) groups excluding carboxylic acids is 1. The number of hydrogen-bond donors (Lipinski definition) is 0. The second-order valence-corrected chi connectivity index (χ2v) is 5.28. The average molecular weight is 242 g/mol. The fourth-order valence-corrected chi connectivity index (χ4v) is 3.39. The molecular weight excluding hydrogens is 224 g/mol. The number of benzene rings is 1. The lowest BCUT2D eigenvalue weighted by molar-refractivity contribution is 0.0523. The number of rotatable bonds is 3. The summed E-state index contributed by atoms with van der Waals surface area (Å²) in [7, 11) is 0. The highest BCUT2D eigenvalue weighted by Crippen LogP contribution is 2.51. The molecule has 2 atom stereocenters. The molecule has 0 N–H and O–H groups in total. The summed E-state index contributed by atoms with van der Waals surface area (Å²) in [6.07, 6.45) is 8.17. The summed E-state index contributed by atoms with van der Waals surface area (Å²) in [6, 6.07) is 7.91. The predicted molar refractivity (Wildman–Crippen MR) is 70.6 cm³/mol. The number of fused-ring (bicyclic) bond motifs is 2. The number of esters is 1. The molecule has 0 saturated heterocycles. The van der Waals surface area contributed by atoms with Crippen LogP contribution in [0.5, 0.6) is 0 Å². The van der Waals surface area contributed by atoms with Crippen molar-refractivity contribution in [3.8, 4) is 0 Å². The van der Waals surface area contributed by atoms with Crippen LogP contribution in [0.1, 0.15) is 42.1 Å². The summed E-state index contributed by atoms with van der Waals surface area (Å²) < 4.78 is 5.17. The Hall–Kier alpha value is -1.57. The molecule has 2 aliphatic carbocycles. The molecule has 94 valence electrons. The van der Waals surface area contributed by atoms with Crippen LogP contribution in [-0.4, -0.2) is 12.6 Å². The molecule has 0 spiro atoms. The maximum absolute atomic E-state index is 12.0. The third kappa shape index (κ3) is 1.67. The van der Waals surface area contributed by atoms with Crippen molar-refractivity contribution in [1.29, 1.82) is 0 Å². The van der Waals surface area contributed by atoms with Gasteiger partial charge in [0.1, 0.15) is 0 Å². The maximum atomic E-state index is 12.0. The van der Waals surface area contributed by atoms with Gasteiger partial charge in [0, 0.05) is 5.41 Å². The molecule has 1 aromatic carbocycles. The summed E-state index contributed by atoms with van der Waals surface area (Å²) in [5, 5.41) is 0. The van der Waals surface area contributed by atoms with Gasteiger partial charge in [-0.15, -0.1) is 0 Å². The maximum Gasteiger partial charge on any atom is 0.338 e. The van der Waals surface area contributed by atoms with E-state index in [9.17, 15) is 4.79 Å². The first-order valence-electron chi connectivity index (χ1n) is 6.71. The van der Waals surface area contributed by atoms with Crippen LogP contribution in [-0.2, 0) is 10.2 Å². The lowest BCUT2D eigenvalue weighted by Gasteiger charge is -2.26. The molecule has 2 unspecified atom stereocenters. The van der Waals surface area contributed by atoms with Crippen molar-refractivity contribution in [2.75, 3.05) is 6.61 Å². The molecule has 0 aliphatic heterocycles. The normalized spacial score (nSPS) is 28.6. The van der Waals surface area contributed by atoms with Gasteiger partial charge in [-0.2, -0.15) is 0 Å². The minimum Gasteiger partial charge on any atom is -0.462 e. The van der Waals surface area contributed by atoms with Gasteiger partial charge in [-0.25, -0.2) is 4.79 Å². The van der Waals surface area contributed by atoms with Crippen molar-refractivity contribution < 1.29 is 9.53 Å². The van der Waals surface area contributed by atoms with E-state index in [1.54, 1.807) is 0 Å². The predicted octanol–water partition coefficient (Wildman–Crippen LogP) is 3.47. The van der Waals surface area contributed by atoms with Crippen molar-refractivity contribution in [3.63, 3.8) is 0 Å². The quantitative estimate of drug-likeness (QED) is 0.599. The van der Waals surface area contributed by atoms with Crippen LogP contribution < -0.4 is 0 Å². The van der Waals surface area contributed by atoms with Gasteiger partial charge < -0.3 is 4.74 Å². The Kier molecular flexibility index (Phi) is 2.73. The highest BCUT2D eigenvalue weighted by Gasteiger charge is 2.43. The highest BCUT2D eigenvalue weighted by molar-refractivity contribution is 5.91. The number of ether oxygens (including phenoxy) is 1. The van der Waals surface area contributed by atoms with E-state index in [1.807, 2.05) is 25.1 Å². The topological polar surface area (TPSA) is 26.3 Å². The molecule has 1 fully saturated rings. The Morgan fingerprint density at radius 3 is 2.89 bits per heavy atom. The highest BCUT2D eigenvalue weighted by atomic mass is 16.5. The smallest absolute Gasteiger partial charge is 0.338 e. The zero-order valence-corrected chi connectivity index (χ0v) is 10.7. The van der Waals surface area contributed by atoms with E-state index in [2.05, 4.69) is 18.2 Å². The zero-order chi connectivity index (χ0) is 12.6. The van der Waals surface area contributed by atoms with Gasteiger partial charge in [0.2, 0.25) is 0 Å². The van der Waals surface area contributed by atoms with E-state index < -0.39 is 0 Å². The van der Waals surface area contributed by atoms with Crippen LogP contribution in [0.25, 0.3) is 0 Å². The van der Waals surface area contributed by atoms with Gasteiger partial charge in [-0.05, 0) is 43.7 Å². The van der Waals surface area contributed by atoms with Crippen LogP contribution in [0.4, 0.5) is 0 Å². The van der Waals surface area contributed by atoms with Crippen LogP contribution in [0.15, 0.2) is 36.4 Å². The van der Waals surface area contributed by atoms with Gasteiger partial charge >= 0.3 is 5.97 Å². The van der Waals surface area contributed by atoms with Crippen molar-refractivity contribution >= 4 is 5.97 Å². The molecule has 2 heteroatoms. The van der Waals surface area contributed by atoms with Crippen molar-refractivity contribution in [2.24, 2.45) is 5.92 Å². The van der Waals surface area contributed by atoms with Gasteiger partial charge in [-0.3, -0.25) is 0 Å². The average Bonchev–Trinajstić information content (AvgIpc) is 3.00. The molecule has 3 rings (SSSR count). The second-order valence-electron chi connectivity index (χ2n) is 5.28. The SMILES string of the molecule is CCOC(=O)c1ccccc1C12C=CC(CC1)C2. The number of hydrogen-bond acceptors (Lipinski definition) is 2. The second kappa shape index (κ2) is 4.27. The van der Waals surface area contributed by atoms with Gasteiger partial charge in [0.15, 0.2) is 0 Å². The van der Waals surface area contributed by atoms with Crippen LogP contribution >= 0.6 is 0 Å². The standard InChI is InChI=1S/C16H18O2/c1-2-18-15(17)13-5-3-4-6-14(13)16-9-7-12(11-16)8-10-16/h3-7,9,12H,2,8,10-11H2,1H3. The lowest BCUT2D eigenvalue weighted by Crippen LogP contribution is -2.22. The summed E-state index contributed by atoms with van der Waals surface area (Å²) in [6.45, 7) is 2.28. The molecule has 0 amide bonds. The van der Waals surface area contributed by atoms with Gasteiger partial charge in [0.25, 0.3) is 0 Å². The molecule has 0 heterocycles. The molecule has 1 saturated carbocycles. The van der Waals surface area contributed by atoms with Gasteiger partial charge in [-0.1, -0.05) is 30.4 Å². The first-order valence-corrected chi connectivity index (χ1v) is 6.71. The van der Waals surface area contributed by atoms with Crippen LogP contribution in [0.3, 0.4) is 0 Å².